The third-order valence-electron chi connectivity index (χ3n) is 3.01. The number of unbranched alkanes of at least 4 members (excludes halogenated alkanes) is 2. The summed E-state index contributed by atoms with van der Waals surface area (Å²) >= 11 is 0. The van der Waals surface area contributed by atoms with Crippen LogP contribution in [-0.2, 0) is 32.3 Å². The Morgan fingerprint density at radius 2 is 1.33 bits per heavy atom. The van der Waals surface area contributed by atoms with Gasteiger partial charge in [0.25, 0.3) is 0 Å². The van der Waals surface area contributed by atoms with Crippen LogP contribution in [0.4, 0.5) is 0 Å². The molecular formula is C16H27OZn-. The van der Waals surface area contributed by atoms with Crippen LogP contribution < -0.4 is 0 Å². The van der Waals surface area contributed by atoms with Crippen molar-refractivity contribution in [2.24, 2.45) is 0 Å². The van der Waals surface area contributed by atoms with E-state index in [0.29, 0.717) is 5.75 Å². The molecule has 0 aliphatic rings. The summed E-state index contributed by atoms with van der Waals surface area (Å²) in [6.45, 7) is 6.49. The molecule has 1 rings (SSSR count). The molecule has 0 fully saturated rings. The van der Waals surface area contributed by atoms with Crippen molar-refractivity contribution in [2.75, 3.05) is 0 Å². The molecule has 0 radical (unpaired) electrons. The summed E-state index contributed by atoms with van der Waals surface area (Å²) < 4.78 is 0. The minimum atomic E-state index is 0. The van der Waals surface area contributed by atoms with Gasteiger partial charge in [0, 0.05) is 19.5 Å². The van der Waals surface area contributed by atoms with E-state index in [0.717, 1.165) is 36.8 Å². The van der Waals surface area contributed by atoms with Gasteiger partial charge in [-0.25, -0.2) is 0 Å². The zero-order valence-electron chi connectivity index (χ0n) is 12.6. The fraction of sp³-hybridized carbons (Fsp3) is 0.562. The first-order valence-electron chi connectivity index (χ1n) is 6.50. The number of phenols is 1. The Morgan fingerprint density at radius 3 is 1.67 bits per heavy atom. The van der Waals surface area contributed by atoms with E-state index in [9.17, 15) is 5.11 Å². The fourth-order valence-corrected chi connectivity index (χ4v) is 2.05. The number of hydrogen-bond donors (Lipinski definition) is 1. The molecule has 100 valence electrons. The van der Waals surface area contributed by atoms with E-state index in [1.54, 1.807) is 0 Å². The molecule has 0 atom stereocenters. The van der Waals surface area contributed by atoms with Crippen molar-refractivity contribution in [3.63, 3.8) is 0 Å². The number of rotatable bonds is 6. The van der Waals surface area contributed by atoms with Gasteiger partial charge < -0.3 is 12.5 Å². The van der Waals surface area contributed by atoms with Crippen LogP contribution in [0.5, 0.6) is 5.75 Å². The Hall–Kier alpha value is -0.357. The van der Waals surface area contributed by atoms with Crippen molar-refractivity contribution in [3.8, 4) is 5.75 Å². The van der Waals surface area contributed by atoms with Crippen LogP contribution in [0.15, 0.2) is 12.1 Å². The summed E-state index contributed by atoms with van der Waals surface area (Å²) in [5.74, 6) is 0.549. The van der Waals surface area contributed by atoms with Gasteiger partial charge in [0.05, 0.1) is 0 Å². The Morgan fingerprint density at radius 1 is 0.944 bits per heavy atom. The first-order chi connectivity index (χ1) is 7.69. The van der Waals surface area contributed by atoms with E-state index in [1.165, 1.54) is 18.4 Å². The van der Waals surface area contributed by atoms with Crippen molar-refractivity contribution in [1.82, 2.24) is 0 Å². The Kier molecular flexibility index (Phi) is 11.7. The van der Waals surface area contributed by atoms with Crippen LogP contribution in [-0.4, -0.2) is 5.11 Å². The molecule has 0 saturated heterocycles. The predicted molar refractivity (Wildman–Crippen MR) is 76.5 cm³/mol. The monoisotopic (exact) mass is 299 g/mol. The van der Waals surface area contributed by atoms with E-state index in [2.05, 4.69) is 32.9 Å². The van der Waals surface area contributed by atoms with Gasteiger partial charge in [-0.2, -0.15) is 0 Å². The minimum Gasteiger partial charge on any atom is -0.507 e. The van der Waals surface area contributed by atoms with E-state index >= 15 is 0 Å². The maximum Gasteiger partial charge on any atom is 0.121 e. The van der Waals surface area contributed by atoms with Gasteiger partial charge in [-0.1, -0.05) is 44.4 Å². The molecule has 0 aliphatic carbocycles. The summed E-state index contributed by atoms with van der Waals surface area (Å²) in [5, 5.41) is 10.2. The van der Waals surface area contributed by atoms with E-state index in [-0.39, 0.29) is 26.9 Å². The predicted octanol–water partition coefficient (Wildman–Crippen LogP) is 4.83. The zero-order chi connectivity index (χ0) is 12.0. The van der Waals surface area contributed by atoms with E-state index in [4.69, 9.17) is 0 Å². The third kappa shape index (κ3) is 6.00. The Balaban J connectivity index is 0. The normalized spacial score (nSPS) is 9.50. The molecule has 0 saturated carbocycles. The van der Waals surface area contributed by atoms with Crippen molar-refractivity contribution in [3.05, 3.63) is 36.2 Å². The van der Waals surface area contributed by atoms with Crippen LogP contribution in [0.3, 0.4) is 0 Å². The molecule has 0 aromatic heterocycles. The molecule has 2 heteroatoms. The summed E-state index contributed by atoms with van der Waals surface area (Å²) in [6, 6.07) is 4.25. The molecule has 0 heterocycles. The van der Waals surface area contributed by atoms with Crippen molar-refractivity contribution in [1.29, 1.82) is 0 Å². The molecule has 1 N–H and O–H groups in total. The average molecular weight is 301 g/mol. The van der Waals surface area contributed by atoms with Crippen LogP contribution in [0.1, 0.15) is 56.2 Å². The van der Waals surface area contributed by atoms with Crippen LogP contribution in [0.2, 0.25) is 0 Å². The Bertz CT molecular complexity index is 305. The topological polar surface area (TPSA) is 20.2 Å². The second-order valence-electron chi connectivity index (χ2n) is 4.64. The first-order valence-corrected chi connectivity index (χ1v) is 6.50. The largest absolute Gasteiger partial charge is 0.507 e. The van der Waals surface area contributed by atoms with Crippen LogP contribution in [0.25, 0.3) is 0 Å². The number of benzene rings is 1. The molecule has 1 aromatic carbocycles. The van der Waals surface area contributed by atoms with Crippen LogP contribution in [0, 0.1) is 14.4 Å². The standard InChI is InChI=1S/C15H24O.CH3.Zn/c1-4-6-8-13-10-12(3)11-14(15(13)16)9-7-5-2;;/h10-11,16H,4-9H2,1-3H3;1H3;/q;-1;. The summed E-state index contributed by atoms with van der Waals surface area (Å²) in [5.41, 5.74) is 3.54. The fourth-order valence-electron chi connectivity index (χ4n) is 2.05. The molecule has 1 nitrogen and oxygen atoms in total. The molecule has 0 bridgehead atoms. The molecular weight excluding hydrogens is 274 g/mol. The first kappa shape index (κ1) is 20.0. The molecule has 18 heavy (non-hydrogen) atoms. The van der Waals surface area contributed by atoms with Gasteiger partial charge in [-0.05, 0) is 43.7 Å². The molecule has 1 aromatic rings. The van der Waals surface area contributed by atoms with Gasteiger partial charge in [-0.15, -0.1) is 0 Å². The van der Waals surface area contributed by atoms with Gasteiger partial charge in [0.2, 0.25) is 0 Å². The molecule has 0 unspecified atom stereocenters. The molecule has 0 aliphatic heterocycles. The second kappa shape index (κ2) is 10.6. The summed E-state index contributed by atoms with van der Waals surface area (Å²) in [6.07, 6.45) is 6.68. The smallest absolute Gasteiger partial charge is 0.121 e. The van der Waals surface area contributed by atoms with Crippen LogP contribution >= 0.6 is 0 Å². The number of aryl methyl sites for hydroxylation is 3. The molecule has 0 amide bonds. The summed E-state index contributed by atoms with van der Waals surface area (Å²) in [4.78, 5) is 0. The SMILES string of the molecule is CCCCc1cc(C)cc(CCCC)c1O.[CH3-].[Zn]. The Labute approximate surface area is 126 Å². The summed E-state index contributed by atoms with van der Waals surface area (Å²) in [7, 11) is 0. The quantitative estimate of drug-likeness (QED) is 0.589. The van der Waals surface area contributed by atoms with Gasteiger partial charge in [-0.3, -0.25) is 0 Å². The third-order valence-corrected chi connectivity index (χ3v) is 3.01. The van der Waals surface area contributed by atoms with Crippen molar-refractivity contribution >= 4 is 0 Å². The maximum atomic E-state index is 10.2. The maximum absolute atomic E-state index is 10.2. The number of phenolic OH excluding ortho intramolecular Hbond substituents is 1. The average Bonchev–Trinajstić information content (AvgIpc) is 2.28. The van der Waals surface area contributed by atoms with Gasteiger partial charge in [0.1, 0.15) is 5.75 Å². The minimum absolute atomic E-state index is 0. The number of hydrogen-bond acceptors (Lipinski definition) is 1. The van der Waals surface area contributed by atoms with Crippen molar-refractivity contribution in [2.45, 2.75) is 59.3 Å². The van der Waals surface area contributed by atoms with Gasteiger partial charge >= 0.3 is 0 Å². The zero-order valence-corrected chi connectivity index (χ0v) is 15.5. The number of aromatic hydroxyl groups is 1. The van der Waals surface area contributed by atoms with E-state index < -0.39 is 0 Å². The van der Waals surface area contributed by atoms with E-state index in [1.807, 2.05) is 0 Å². The van der Waals surface area contributed by atoms with Gasteiger partial charge in [0.15, 0.2) is 0 Å². The van der Waals surface area contributed by atoms with Crippen molar-refractivity contribution < 1.29 is 24.6 Å². The second-order valence-corrected chi connectivity index (χ2v) is 4.64. The molecule has 0 spiro atoms.